The molecule has 1 amide bonds. The maximum absolute atomic E-state index is 12.5. The van der Waals surface area contributed by atoms with Crippen molar-refractivity contribution in [2.24, 2.45) is 0 Å². The summed E-state index contributed by atoms with van der Waals surface area (Å²) in [6.07, 6.45) is -2.78. The summed E-state index contributed by atoms with van der Waals surface area (Å²) >= 11 is 0. The molecule has 0 aliphatic carbocycles. The number of carbonyl (C=O) groups excluding carboxylic acids is 1. The molecule has 0 unspecified atom stereocenters. The van der Waals surface area contributed by atoms with Crippen LogP contribution in [-0.2, 0) is 24.0 Å². The number of pyridine rings is 1. The number of nitrogens with zero attached hydrogens (tertiary/aromatic N) is 2. The maximum Gasteiger partial charge on any atom is 0.417 e. The Bertz CT molecular complexity index is 1030. The molecule has 0 saturated carbocycles. The van der Waals surface area contributed by atoms with Gasteiger partial charge in [-0.1, -0.05) is 17.3 Å². The number of halogens is 3. The number of amides is 1. The molecule has 1 aromatic carbocycles. The molecule has 2 aromatic heterocycles. The molecule has 10 heteroatoms. The van der Waals surface area contributed by atoms with Gasteiger partial charge in [0.2, 0.25) is 5.91 Å². The smallest absolute Gasteiger partial charge is 0.417 e. The fraction of sp³-hybridized carbons (Fsp3) is 0.348. The van der Waals surface area contributed by atoms with Crippen LogP contribution in [0.25, 0.3) is 0 Å². The molecule has 176 valence electrons. The van der Waals surface area contributed by atoms with E-state index in [1.54, 1.807) is 0 Å². The summed E-state index contributed by atoms with van der Waals surface area (Å²) in [5.74, 6) is 1.65. The minimum absolute atomic E-state index is 0.118. The topological polar surface area (TPSA) is 89.3 Å². The number of anilines is 1. The number of benzene rings is 1. The van der Waals surface area contributed by atoms with E-state index in [4.69, 9.17) is 9.26 Å². The fourth-order valence-corrected chi connectivity index (χ4v) is 3.01. The Hall–Kier alpha value is -3.56. The Morgan fingerprint density at radius 2 is 1.85 bits per heavy atom. The van der Waals surface area contributed by atoms with Crippen LogP contribution < -0.4 is 15.4 Å². The van der Waals surface area contributed by atoms with E-state index in [9.17, 15) is 18.0 Å². The minimum Gasteiger partial charge on any atom is -0.489 e. The summed E-state index contributed by atoms with van der Waals surface area (Å²) in [5.41, 5.74) is 1.78. The highest BCUT2D eigenvalue weighted by Gasteiger charge is 2.30. The number of carbonyl (C=O) groups is 1. The minimum atomic E-state index is -4.40. The highest BCUT2D eigenvalue weighted by atomic mass is 19.4. The highest BCUT2D eigenvalue weighted by Crippen LogP contribution is 2.28. The van der Waals surface area contributed by atoms with Crippen LogP contribution in [0.5, 0.6) is 5.75 Å². The number of alkyl halides is 3. The number of rotatable bonds is 10. The van der Waals surface area contributed by atoms with Gasteiger partial charge in [-0.3, -0.25) is 4.79 Å². The summed E-state index contributed by atoms with van der Waals surface area (Å²) in [5, 5.41) is 9.64. The number of hydrogen-bond donors (Lipinski definition) is 2. The van der Waals surface area contributed by atoms with Gasteiger partial charge in [-0.2, -0.15) is 13.2 Å². The predicted octanol–water partition coefficient (Wildman–Crippen LogP) is 4.45. The maximum atomic E-state index is 12.5. The summed E-state index contributed by atoms with van der Waals surface area (Å²) in [4.78, 5) is 15.9. The average molecular weight is 462 g/mol. The molecule has 2 N–H and O–H groups in total. The monoisotopic (exact) mass is 462 g/mol. The largest absolute Gasteiger partial charge is 0.489 e. The van der Waals surface area contributed by atoms with Gasteiger partial charge in [-0.25, -0.2) is 4.98 Å². The average Bonchev–Trinajstić information content (AvgIpc) is 3.10. The van der Waals surface area contributed by atoms with Crippen molar-refractivity contribution in [3.8, 4) is 5.75 Å². The van der Waals surface area contributed by atoms with E-state index in [0.29, 0.717) is 37.7 Å². The first kappa shape index (κ1) is 24.1. The molecule has 0 aliphatic heterocycles. The molecule has 0 atom stereocenters. The molecule has 0 fully saturated rings. The summed E-state index contributed by atoms with van der Waals surface area (Å²) in [6, 6.07) is 9.54. The molecule has 33 heavy (non-hydrogen) atoms. The van der Waals surface area contributed by atoms with Gasteiger partial charge < -0.3 is 19.9 Å². The van der Waals surface area contributed by atoms with Crippen molar-refractivity contribution in [1.29, 1.82) is 0 Å². The van der Waals surface area contributed by atoms with E-state index in [1.807, 2.05) is 38.1 Å². The highest BCUT2D eigenvalue weighted by molar-refractivity contribution is 5.78. The van der Waals surface area contributed by atoms with E-state index in [2.05, 4.69) is 20.8 Å². The van der Waals surface area contributed by atoms with Gasteiger partial charge in [0.15, 0.2) is 0 Å². The Morgan fingerprint density at radius 1 is 1.09 bits per heavy atom. The Kier molecular flexibility index (Phi) is 7.92. The van der Waals surface area contributed by atoms with Gasteiger partial charge in [0.05, 0.1) is 23.2 Å². The normalized spacial score (nSPS) is 11.3. The van der Waals surface area contributed by atoms with Crippen molar-refractivity contribution in [1.82, 2.24) is 15.5 Å². The van der Waals surface area contributed by atoms with Gasteiger partial charge in [-0.15, -0.1) is 0 Å². The second-order valence-electron chi connectivity index (χ2n) is 7.47. The summed E-state index contributed by atoms with van der Waals surface area (Å²) in [6.45, 7) is 4.96. The Labute approximate surface area is 189 Å². The SMILES string of the molecule is Cc1noc(C)c1COc1ccc(CC(=O)NCCCNc2ccc(C(F)(F)F)cn2)cc1. The predicted molar refractivity (Wildman–Crippen MR) is 116 cm³/mol. The molecule has 2 heterocycles. The lowest BCUT2D eigenvalue weighted by Gasteiger charge is -2.09. The van der Waals surface area contributed by atoms with Crippen molar-refractivity contribution < 1.29 is 27.2 Å². The van der Waals surface area contributed by atoms with Gasteiger partial charge in [0, 0.05) is 19.3 Å². The zero-order chi connectivity index (χ0) is 23.8. The van der Waals surface area contributed by atoms with Crippen LogP contribution in [0.4, 0.5) is 19.0 Å². The van der Waals surface area contributed by atoms with E-state index in [1.165, 1.54) is 6.07 Å². The van der Waals surface area contributed by atoms with Crippen LogP contribution in [0.3, 0.4) is 0 Å². The number of aromatic nitrogens is 2. The van der Waals surface area contributed by atoms with Crippen molar-refractivity contribution >= 4 is 11.7 Å². The lowest BCUT2D eigenvalue weighted by Crippen LogP contribution is -2.27. The van der Waals surface area contributed by atoms with E-state index < -0.39 is 11.7 Å². The molecule has 3 aromatic rings. The van der Waals surface area contributed by atoms with Crippen LogP contribution in [-0.4, -0.2) is 29.1 Å². The lowest BCUT2D eigenvalue weighted by atomic mass is 10.1. The van der Waals surface area contributed by atoms with Crippen LogP contribution >= 0.6 is 0 Å². The first-order chi connectivity index (χ1) is 15.7. The number of aryl methyl sites for hydroxylation is 2. The fourth-order valence-electron chi connectivity index (χ4n) is 3.01. The summed E-state index contributed by atoms with van der Waals surface area (Å²) < 4.78 is 48.4. The van der Waals surface area contributed by atoms with E-state index >= 15 is 0 Å². The van der Waals surface area contributed by atoms with Gasteiger partial charge in [0.25, 0.3) is 0 Å². The van der Waals surface area contributed by atoms with Gasteiger partial charge in [-0.05, 0) is 50.1 Å². The molecule has 0 bridgehead atoms. The molecular weight excluding hydrogens is 437 g/mol. The zero-order valence-corrected chi connectivity index (χ0v) is 18.3. The molecule has 0 spiro atoms. The zero-order valence-electron chi connectivity index (χ0n) is 18.3. The third-order valence-electron chi connectivity index (χ3n) is 4.93. The second-order valence-corrected chi connectivity index (χ2v) is 7.47. The first-order valence-corrected chi connectivity index (χ1v) is 10.4. The van der Waals surface area contributed by atoms with Crippen LogP contribution in [0, 0.1) is 13.8 Å². The van der Waals surface area contributed by atoms with Crippen molar-refractivity contribution in [2.75, 3.05) is 18.4 Å². The van der Waals surface area contributed by atoms with Gasteiger partial charge in [0.1, 0.15) is 23.9 Å². The molecule has 7 nitrogen and oxygen atoms in total. The Morgan fingerprint density at radius 3 is 2.45 bits per heavy atom. The van der Waals surface area contributed by atoms with Crippen molar-refractivity contribution in [3.05, 3.63) is 70.7 Å². The Balaban J connectivity index is 1.33. The third-order valence-corrected chi connectivity index (χ3v) is 4.93. The second kappa shape index (κ2) is 10.8. The molecule has 0 radical (unpaired) electrons. The first-order valence-electron chi connectivity index (χ1n) is 10.4. The molecule has 0 saturated heterocycles. The lowest BCUT2D eigenvalue weighted by molar-refractivity contribution is -0.137. The van der Waals surface area contributed by atoms with E-state index in [-0.39, 0.29) is 12.3 Å². The van der Waals surface area contributed by atoms with Gasteiger partial charge >= 0.3 is 6.18 Å². The van der Waals surface area contributed by atoms with Crippen LogP contribution in [0.2, 0.25) is 0 Å². The third kappa shape index (κ3) is 7.23. The number of nitrogens with one attached hydrogen (secondary N) is 2. The van der Waals surface area contributed by atoms with Crippen LogP contribution in [0.1, 0.15) is 34.6 Å². The molecule has 3 rings (SSSR count). The van der Waals surface area contributed by atoms with Crippen LogP contribution in [0.15, 0.2) is 47.1 Å². The standard InChI is InChI=1S/C23H25F3N4O3/c1-15-20(16(2)33-30-15)14-32-19-7-4-17(5-8-19)12-22(31)28-11-3-10-27-21-9-6-18(13-29-21)23(24,25)26/h4-9,13H,3,10-12,14H2,1-2H3,(H,27,29)(H,28,31). The number of hydrogen-bond acceptors (Lipinski definition) is 6. The summed E-state index contributed by atoms with van der Waals surface area (Å²) in [7, 11) is 0. The van der Waals surface area contributed by atoms with Crippen molar-refractivity contribution in [2.45, 2.75) is 39.5 Å². The molecular formula is C23H25F3N4O3. The van der Waals surface area contributed by atoms with E-state index in [0.717, 1.165) is 34.8 Å². The quantitative estimate of drug-likeness (QED) is 0.433. The molecule has 0 aliphatic rings. The number of ether oxygens (including phenoxy) is 1. The van der Waals surface area contributed by atoms with Crippen molar-refractivity contribution in [3.63, 3.8) is 0 Å².